The Hall–Kier alpha value is -4.14. The summed E-state index contributed by atoms with van der Waals surface area (Å²) < 4.78 is 11.6. The van der Waals surface area contributed by atoms with Gasteiger partial charge in [-0.1, -0.05) is 35.9 Å². The molecule has 1 saturated carbocycles. The zero-order valence-corrected chi connectivity index (χ0v) is 23.0. The summed E-state index contributed by atoms with van der Waals surface area (Å²) in [6.45, 7) is 6.34. The summed E-state index contributed by atoms with van der Waals surface area (Å²) in [5.41, 5.74) is 4.80. The van der Waals surface area contributed by atoms with E-state index < -0.39 is 0 Å². The molecule has 2 aromatic carbocycles. The Kier molecular flexibility index (Phi) is 7.04. The largest absolute Gasteiger partial charge is 0.484 e. The van der Waals surface area contributed by atoms with Crippen molar-refractivity contribution in [2.45, 2.75) is 45.8 Å². The Balaban J connectivity index is 1.16. The number of aromatic nitrogens is 1. The summed E-state index contributed by atoms with van der Waals surface area (Å²) in [5.74, 6) is 1.15. The van der Waals surface area contributed by atoms with E-state index in [1.54, 1.807) is 9.80 Å². The number of oxazole rings is 1. The summed E-state index contributed by atoms with van der Waals surface area (Å²) in [5, 5.41) is 0. The van der Waals surface area contributed by atoms with E-state index in [-0.39, 0.29) is 42.0 Å². The maximum absolute atomic E-state index is 13.3. The molecule has 3 aromatic rings. The number of ether oxygens (including phenoxy) is 1. The van der Waals surface area contributed by atoms with Crippen molar-refractivity contribution in [1.29, 1.82) is 0 Å². The van der Waals surface area contributed by atoms with Crippen LogP contribution in [0.1, 0.15) is 64.4 Å². The molecular weight excluding hydrogens is 508 g/mol. The van der Waals surface area contributed by atoms with Crippen LogP contribution in [-0.2, 0) is 22.6 Å². The van der Waals surface area contributed by atoms with Gasteiger partial charge in [-0.05, 0) is 55.0 Å². The molecule has 40 heavy (non-hydrogen) atoms. The van der Waals surface area contributed by atoms with Gasteiger partial charge in [0.05, 0.1) is 6.04 Å². The molecule has 1 atom stereocenters. The number of piperazine rings is 1. The van der Waals surface area contributed by atoms with Crippen molar-refractivity contribution in [2.75, 3.05) is 32.7 Å². The van der Waals surface area contributed by atoms with Crippen molar-refractivity contribution in [3.8, 4) is 5.75 Å². The maximum Gasteiger partial charge on any atom is 0.275 e. The highest BCUT2D eigenvalue weighted by molar-refractivity contribution is 5.92. The van der Waals surface area contributed by atoms with Crippen LogP contribution in [0.15, 0.2) is 53.1 Å². The number of carbonyl (C=O) groups excluding carboxylic acids is 3. The molecule has 9 heteroatoms. The number of aryl methyl sites for hydroxylation is 1. The normalized spacial score (nSPS) is 18.9. The van der Waals surface area contributed by atoms with Crippen LogP contribution in [0.25, 0.3) is 0 Å². The van der Waals surface area contributed by atoms with Crippen molar-refractivity contribution in [3.05, 3.63) is 82.6 Å². The van der Waals surface area contributed by atoms with Gasteiger partial charge in [-0.25, -0.2) is 4.98 Å². The quantitative estimate of drug-likeness (QED) is 0.471. The zero-order chi connectivity index (χ0) is 27.8. The first-order chi connectivity index (χ1) is 19.4. The Morgan fingerprint density at radius 2 is 1.70 bits per heavy atom. The molecule has 3 amide bonds. The molecule has 1 unspecified atom stereocenters. The predicted molar refractivity (Wildman–Crippen MR) is 147 cm³/mol. The second-order valence-corrected chi connectivity index (χ2v) is 10.9. The summed E-state index contributed by atoms with van der Waals surface area (Å²) in [7, 11) is 0. The van der Waals surface area contributed by atoms with Crippen molar-refractivity contribution in [1.82, 2.24) is 19.7 Å². The van der Waals surface area contributed by atoms with Crippen LogP contribution in [0.3, 0.4) is 0 Å². The van der Waals surface area contributed by atoms with Gasteiger partial charge in [-0.3, -0.25) is 14.4 Å². The van der Waals surface area contributed by atoms with Crippen LogP contribution in [-0.4, -0.2) is 70.1 Å². The third-order valence-electron chi connectivity index (χ3n) is 8.09. The number of hydrogen-bond acceptors (Lipinski definition) is 6. The molecule has 1 aromatic heterocycles. The number of benzene rings is 2. The molecule has 208 valence electrons. The molecule has 1 aliphatic carbocycles. The first-order valence-electron chi connectivity index (χ1n) is 14.0. The number of nitrogens with zero attached hydrogens (tertiary/aromatic N) is 4. The monoisotopic (exact) mass is 542 g/mol. The van der Waals surface area contributed by atoms with Crippen LogP contribution >= 0.6 is 0 Å². The summed E-state index contributed by atoms with van der Waals surface area (Å²) in [4.78, 5) is 47.5. The average Bonchev–Trinajstić information content (AvgIpc) is 3.72. The highest BCUT2D eigenvalue weighted by Crippen LogP contribution is 2.41. The topological polar surface area (TPSA) is 96.2 Å². The van der Waals surface area contributed by atoms with Crippen LogP contribution in [0, 0.1) is 12.8 Å². The number of hydrogen-bond donors (Lipinski definition) is 0. The molecule has 0 spiro atoms. The van der Waals surface area contributed by atoms with Crippen molar-refractivity contribution in [2.24, 2.45) is 5.92 Å². The van der Waals surface area contributed by atoms with Gasteiger partial charge < -0.3 is 23.9 Å². The molecule has 0 radical (unpaired) electrons. The lowest BCUT2D eigenvalue weighted by Gasteiger charge is -2.38. The van der Waals surface area contributed by atoms with E-state index in [2.05, 4.69) is 42.2 Å². The van der Waals surface area contributed by atoms with Crippen LogP contribution < -0.4 is 4.74 Å². The summed E-state index contributed by atoms with van der Waals surface area (Å²) >= 11 is 0. The molecule has 3 aliphatic rings. The Morgan fingerprint density at radius 3 is 2.40 bits per heavy atom. The summed E-state index contributed by atoms with van der Waals surface area (Å²) in [6, 6.07) is 14.3. The first-order valence-corrected chi connectivity index (χ1v) is 14.0. The molecule has 0 N–H and O–H groups in total. The Bertz CT molecular complexity index is 1420. The fourth-order valence-corrected chi connectivity index (χ4v) is 5.60. The SMILES string of the molecule is CC(=O)N1CCN(C(=O)c2coc(COc3ccc4c(c3)C(c3ccc(C)cc3)N(C(=O)C3CC3)CC4)n2)CC1. The van der Waals surface area contributed by atoms with E-state index in [0.717, 1.165) is 30.4 Å². The van der Waals surface area contributed by atoms with Gasteiger partial charge in [0.15, 0.2) is 12.3 Å². The Morgan fingerprint density at radius 1 is 0.975 bits per heavy atom. The number of rotatable bonds is 6. The van der Waals surface area contributed by atoms with E-state index >= 15 is 0 Å². The minimum atomic E-state index is -0.214. The van der Waals surface area contributed by atoms with Crippen LogP contribution in [0.2, 0.25) is 0 Å². The van der Waals surface area contributed by atoms with Gasteiger partial charge in [0.1, 0.15) is 12.0 Å². The van der Waals surface area contributed by atoms with Crippen molar-refractivity contribution < 1.29 is 23.5 Å². The minimum absolute atomic E-state index is 0.0163. The number of carbonyl (C=O) groups is 3. The zero-order valence-electron chi connectivity index (χ0n) is 23.0. The van der Waals surface area contributed by atoms with Gasteiger partial charge in [-0.2, -0.15) is 0 Å². The maximum atomic E-state index is 13.3. The molecule has 2 aliphatic heterocycles. The van der Waals surface area contributed by atoms with Gasteiger partial charge >= 0.3 is 0 Å². The average molecular weight is 543 g/mol. The van der Waals surface area contributed by atoms with Crippen LogP contribution in [0.4, 0.5) is 0 Å². The second-order valence-electron chi connectivity index (χ2n) is 10.9. The Labute approximate surface area is 233 Å². The fourth-order valence-electron chi connectivity index (χ4n) is 5.60. The second kappa shape index (κ2) is 10.8. The molecule has 3 heterocycles. The van der Waals surface area contributed by atoms with Gasteiger partial charge in [0, 0.05) is 45.6 Å². The highest BCUT2D eigenvalue weighted by Gasteiger charge is 2.39. The van der Waals surface area contributed by atoms with E-state index in [1.165, 1.54) is 24.3 Å². The summed E-state index contributed by atoms with van der Waals surface area (Å²) in [6.07, 6.45) is 4.12. The molecular formula is C31H34N4O5. The molecule has 1 saturated heterocycles. The lowest BCUT2D eigenvalue weighted by Crippen LogP contribution is -2.50. The highest BCUT2D eigenvalue weighted by atomic mass is 16.5. The van der Waals surface area contributed by atoms with E-state index in [0.29, 0.717) is 44.4 Å². The van der Waals surface area contributed by atoms with E-state index in [4.69, 9.17) is 9.15 Å². The van der Waals surface area contributed by atoms with Crippen LogP contribution in [0.5, 0.6) is 5.75 Å². The molecule has 6 rings (SSSR count). The number of amides is 3. The van der Waals surface area contributed by atoms with Gasteiger partial charge in [-0.15, -0.1) is 0 Å². The third kappa shape index (κ3) is 5.33. The van der Waals surface area contributed by atoms with E-state index in [9.17, 15) is 14.4 Å². The van der Waals surface area contributed by atoms with E-state index in [1.807, 2.05) is 17.0 Å². The number of fused-ring (bicyclic) bond motifs is 1. The lowest BCUT2D eigenvalue weighted by atomic mass is 9.87. The molecule has 2 fully saturated rings. The lowest BCUT2D eigenvalue weighted by molar-refractivity contribution is -0.134. The standard InChI is InChI=1S/C31H34N4O5/c1-20-3-5-23(6-4-20)29-26-17-25(10-9-22(26)11-12-35(29)30(37)24-7-8-24)39-19-28-32-27(18-40-28)31(38)34-15-13-33(14-16-34)21(2)36/h3-6,9-10,17-18,24,29H,7-8,11-16,19H2,1-2H3. The van der Waals surface area contributed by atoms with Crippen molar-refractivity contribution in [3.63, 3.8) is 0 Å². The molecule has 9 nitrogen and oxygen atoms in total. The minimum Gasteiger partial charge on any atom is -0.484 e. The van der Waals surface area contributed by atoms with Gasteiger partial charge in [0.25, 0.3) is 5.91 Å². The first kappa shape index (κ1) is 26.1. The predicted octanol–water partition coefficient (Wildman–Crippen LogP) is 3.75. The van der Waals surface area contributed by atoms with Crippen molar-refractivity contribution >= 4 is 17.7 Å². The molecule has 0 bridgehead atoms. The fraction of sp³-hybridized carbons (Fsp3) is 0.419. The smallest absolute Gasteiger partial charge is 0.275 e. The third-order valence-corrected chi connectivity index (χ3v) is 8.09. The van der Waals surface area contributed by atoms with Gasteiger partial charge in [0.2, 0.25) is 17.7 Å².